The predicted molar refractivity (Wildman–Crippen MR) is 85.2 cm³/mol. The van der Waals surface area contributed by atoms with E-state index in [0.717, 1.165) is 5.56 Å². The third kappa shape index (κ3) is 2.53. The number of rotatable bonds is 3. The third-order valence-corrected chi connectivity index (χ3v) is 3.39. The van der Waals surface area contributed by atoms with E-state index in [-0.39, 0.29) is 10.5 Å². The first kappa shape index (κ1) is 13.4. The average molecular weight is 296 g/mol. The van der Waals surface area contributed by atoms with Gasteiger partial charge in [0.15, 0.2) is 0 Å². The number of fused-ring (bicyclic) bond motifs is 1. The number of pyridine rings is 1. The summed E-state index contributed by atoms with van der Waals surface area (Å²) in [5.41, 5.74) is 7.57. The molecule has 0 saturated heterocycles. The minimum atomic E-state index is -0.0988. The molecule has 2 N–H and O–H groups in total. The Morgan fingerprint density at radius 2 is 2.00 bits per heavy atom. The molecule has 21 heavy (non-hydrogen) atoms. The number of hydrogen-bond donors (Lipinski definition) is 1. The zero-order chi connectivity index (χ0) is 14.8. The molecule has 1 aromatic carbocycles. The van der Waals surface area contributed by atoms with Gasteiger partial charge in [0.05, 0.1) is 23.8 Å². The van der Waals surface area contributed by atoms with E-state index in [1.54, 1.807) is 18.3 Å². The molecule has 6 heteroatoms. The fraction of sp³-hybridized carbons (Fsp3) is 0.0667. The zero-order valence-corrected chi connectivity index (χ0v) is 11.9. The van der Waals surface area contributed by atoms with Crippen LogP contribution in [0.3, 0.4) is 0 Å². The highest BCUT2D eigenvalue weighted by Crippen LogP contribution is 2.09. The number of benzene rings is 1. The van der Waals surface area contributed by atoms with Crippen LogP contribution in [0.5, 0.6) is 0 Å². The lowest BCUT2D eigenvalue weighted by molar-refractivity contribution is 0.744. The van der Waals surface area contributed by atoms with Gasteiger partial charge in [-0.05, 0) is 18.2 Å². The minimum absolute atomic E-state index is 0.0988. The molecular weight excluding hydrogens is 284 g/mol. The number of nitrogens with two attached hydrogens (primary N) is 1. The quantitative estimate of drug-likeness (QED) is 0.741. The van der Waals surface area contributed by atoms with Crippen molar-refractivity contribution in [3.05, 3.63) is 70.5 Å². The molecule has 0 aliphatic heterocycles. The summed E-state index contributed by atoms with van der Waals surface area (Å²) in [6.45, 7) is 0.331. The summed E-state index contributed by atoms with van der Waals surface area (Å²) in [5, 5.41) is 0.584. The number of nitrogens with zero attached hydrogens (tertiary/aromatic N) is 3. The number of para-hydroxylation sites is 1. The van der Waals surface area contributed by atoms with Crippen molar-refractivity contribution in [3.63, 3.8) is 0 Å². The highest BCUT2D eigenvalue weighted by molar-refractivity contribution is 7.80. The second kappa shape index (κ2) is 5.41. The van der Waals surface area contributed by atoms with Crippen molar-refractivity contribution in [2.75, 3.05) is 0 Å². The van der Waals surface area contributed by atoms with Crippen LogP contribution in [0.2, 0.25) is 0 Å². The zero-order valence-electron chi connectivity index (χ0n) is 11.1. The summed E-state index contributed by atoms with van der Waals surface area (Å²) >= 11 is 4.99. The Morgan fingerprint density at radius 3 is 2.81 bits per heavy atom. The smallest absolute Gasteiger partial charge is 0.261 e. The van der Waals surface area contributed by atoms with E-state index < -0.39 is 0 Å². The molecule has 5 nitrogen and oxygen atoms in total. The molecule has 104 valence electrons. The molecule has 0 atom stereocenters. The van der Waals surface area contributed by atoms with Crippen molar-refractivity contribution in [3.8, 4) is 0 Å². The highest BCUT2D eigenvalue weighted by Gasteiger charge is 2.09. The number of aromatic nitrogens is 3. The Hall–Kier alpha value is -2.60. The van der Waals surface area contributed by atoms with Gasteiger partial charge in [-0.2, -0.15) is 0 Å². The summed E-state index contributed by atoms with van der Waals surface area (Å²) in [6, 6.07) is 10.9. The minimum Gasteiger partial charge on any atom is -0.388 e. The standard InChI is InChI=1S/C15H12N4OS/c16-14(21)13-10(4-3-7-17-13)8-19-9-18-12-6-2-1-5-11(12)15(19)20/h1-7,9H,8H2,(H2,16,21). The van der Waals surface area contributed by atoms with E-state index in [9.17, 15) is 4.79 Å². The van der Waals surface area contributed by atoms with E-state index in [4.69, 9.17) is 18.0 Å². The van der Waals surface area contributed by atoms with Gasteiger partial charge in [-0.1, -0.05) is 30.4 Å². The van der Waals surface area contributed by atoms with Gasteiger partial charge in [-0.3, -0.25) is 14.3 Å². The largest absolute Gasteiger partial charge is 0.388 e. The molecule has 0 aliphatic rings. The second-order valence-corrected chi connectivity index (χ2v) is 5.01. The molecule has 2 aromatic heterocycles. The Morgan fingerprint density at radius 1 is 1.19 bits per heavy atom. The first-order valence-corrected chi connectivity index (χ1v) is 6.75. The topological polar surface area (TPSA) is 73.8 Å². The third-order valence-electron chi connectivity index (χ3n) is 3.20. The first-order valence-electron chi connectivity index (χ1n) is 6.34. The maximum Gasteiger partial charge on any atom is 0.261 e. The molecule has 3 rings (SSSR count). The normalized spacial score (nSPS) is 10.7. The van der Waals surface area contributed by atoms with Crippen LogP contribution >= 0.6 is 12.2 Å². The van der Waals surface area contributed by atoms with Gasteiger partial charge in [0, 0.05) is 11.8 Å². The lowest BCUT2D eigenvalue weighted by atomic mass is 10.2. The second-order valence-electron chi connectivity index (χ2n) is 4.57. The summed E-state index contributed by atoms with van der Waals surface area (Å²) in [5.74, 6) is 0. The molecule has 0 unspecified atom stereocenters. The van der Waals surface area contributed by atoms with Gasteiger partial charge in [-0.15, -0.1) is 0 Å². The van der Waals surface area contributed by atoms with E-state index in [2.05, 4.69) is 9.97 Å². The van der Waals surface area contributed by atoms with Crippen LogP contribution in [0.1, 0.15) is 11.3 Å². The molecule has 0 fully saturated rings. The molecule has 0 radical (unpaired) electrons. The molecule has 2 heterocycles. The Balaban J connectivity index is 2.09. The van der Waals surface area contributed by atoms with Crippen molar-refractivity contribution in [1.29, 1.82) is 0 Å². The molecule has 0 saturated carbocycles. The average Bonchev–Trinajstić information content (AvgIpc) is 2.51. The van der Waals surface area contributed by atoms with Crippen LogP contribution in [0.25, 0.3) is 10.9 Å². The fourth-order valence-corrected chi connectivity index (χ4v) is 2.37. The van der Waals surface area contributed by atoms with Gasteiger partial charge in [-0.25, -0.2) is 4.98 Å². The fourth-order valence-electron chi connectivity index (χ4n) is 2.19. The van der Waals surface area contributed by atoms with Gasteiger partial charge in [0.2, 0.25) is 0 Å². The maximum atomic E-state index is 12.5. The van der Waals surface area contributed by atoms with Gasteiger partial charge in [0.25, 0.3) is 5.56 Å². The van der Waals surface area contributed by atoms with Gasteiger partial charge < -0.3 is 5.73 Å². The van der Waals surface area contributed by atoms with Crippen molar-refractivity contribution < 1.29 is 0 Å². The summed E-state index contributed by atoms with van der Waals surface area (Å²) in [4.78, 5) is 21.1. The van der Waals surface area contributed by atoms with E-state index >= 15 is 0 Å². The lowest BCUT2D eigenvalue weighted by Crippen LogP contribution is -2.23. The predicted octanol–water partition coefficient (Wildman–Crippen LogP) is 1.47. The van der Waals surface area contributed by atoms with Crippen molar-refractivity contribution in [1.82, 2.24) is 14.5 Å². The van der Waals surface area contributed by atoms with Gasteiger partial charge in [0.1, 0.15) is 10.7 Å². The van der Waals surface area contributed by atoms with E-state index in [1.165, 1.54) is 10.9 Å². The lowest BCUT2D eigenvalue weighted by Gasteiger charge is -2.09. The van der Waals surface area contributed by atoms with E-state index in [1.807, 2.05) is 24.3 Å². The van der Waals surface area contributed by atoms with Crippen LogP contribution in [0.15, 0.2) is 53.7 Å². The van der Waals surface area contributed by atoms with Crippen molar-refractivity contribution >= 4 is 28.1 Å². The van der Waals surface area contributed by atoms with Crippen LogP contribution in [-0.2, 0) is 6.54 Å². The SMILES string of the molecule is NC(=S)c1ncccc1Cn1cnc2ccccc2c1=O. The Bertz CT molecular complexity index is 888. The highest BCUT2D eigenvalue weighted by atomic mass is 32.1. The molecule has 0 bridgehead atoms. The Kier molecular flexibility index (Phi) is 3.45. The summed E-state index contributed by atoms with van der Waals surface area (Å²) in [6.07, 6.45) is 3.15. The van der Waals surface area contributed by atoms with Gasteiger partial charge >= 0.3 is 0 Å². The van der Waals surface area contributed by atoms with Crippen molar-refractivity contribution in [2.24, 2.45) is 5.73 Å². The van der Waals surface area contributed by atoms with E-state index in [0.29, 0.717) is 23.1 Å². The summed E-state index contributed by atoms with van der Waals surface area (Å²) in [7, 11) is 0. The molecule has 3 aromatic rings. The summed E-state index contributed by atoms with van der Waals surface area (Å²) < 4.78 is 1.53. The van der Waals surface area contributed by atoms with Crippen LogP contribution < -0.4 is 11.3 Å². The van der Waals surface area contributed by atoms with Crippen LogP contribution in [-0.4, -0.2) is 19.5 Å². The molecule has 0 aliphatic carbocycles. The first-order chi connectivity index (χ1) is 10.2. The van der Waals surface area contributed by atoms with Crippen molar-refractivity contribution in [2.45, 2.75) is 6.54 Å². The van der Waals surface area contributed by atoms with Crippen LogP contribution in [0, 0.1) is 0 Å². The molecule has 0 amide bonds. The molecular formula is C15H12N4OS. The maximum absolute atomic E-state index is 12.5. The monoisotopic (exact) mass is 296 g/mol. The number of hydrogen-bond acceptors (Lipinski definition) is 4. The van der Waals surface area contributed by atoms with Crippen LogP contribution in [0.4, 0.5) is 0 Å². The Labute approximate surface area is 126 Å². The number of thiocarbonyl (C=S) groups is 1. The molecule has 0 spiro atoms.